The molecule has 0 spiro atoms. The molecule has 98 valence electrons. The van der Waals surface area contributed by atoms with Crippen LogP contribution >= 0.6 is 12.6 Å². The molecule has 0 radical (unpaired) electrons. The van der Waals surface area contributed by atoms with Crippen LogP contribution in [0.4, 0.5) is 0 Å². The first-order chi connectivity index (χ1) is 8.13. The smallest absolute Gasteiger partial charge is 0.156 e. The molecule has 5 nitrogen and oxygen atoms in total. The van der Waals surface area contributed by atoms with Crippen LogP contribution in [0.15, 0.2) is 4.99 Å². The summed E-state index contributed by atoms with van der Waals surface area (Å²) in [5.74, 6) is -0.233. The lowest BCUT2D eigenvalue weighted by Crippen LogP contribution is -2.48. The van der Waals surface area contributed by atoms with E-state index >= 15 is 0 Å². The Balaban J connectivity index is 1.97. The fraction of sp³-hybridized carbons (Fsp3) is 0.909. The quantitative estimate of drug-likeness (QED) is 0.306. The molecule has 1 heterocycles. The first-order valence-electron chi connectivity index (χ1n) is 6.12. The number of likely N-dealkylation sites (tertiary alicyclic amines) is 1. The minimum absolute atomic E-state index is 0.0888. The number of hydrogen-bond donors (Lipinski definition) is 4. The summed E-state index contributed by atoms with van der Waals surface area (Å²) in [5, 5.41) is 29.5. The van der Waals surface area contributed by atoms with Crippen LogP contribution in [0.2, 0.25) is 0 Å². The molecule has 0 bridgehead atoms. The number of hydrogen-bond acceptors (Lipinski definition) is 4. The molecule has 0 aromatic rings. The molecule has 1 saturated heterocycles. The fourth-order valence-corrected chi connectivity index (χ4v) is 2.67. The Labute approximate surface area is 107 Å². The predicted molar refractivity (Wildman–Crippen MR) is 68.2 cm³/mol. The Bertz CT molecular complexity index is 296. The van der Waals surface area contributed by atoms with Gasteiger partial charge in [-0.15, -0.1) is 12.6 Å². The zero-order valence-corrected chi connectivity index (χ0v) is 10.6. The zero-order chi connectivity index (χ0) is 12.4. The van der Waals surface area contributed by atoms with Gasteiger partial charge >= 0.3 is 0 Å². The average molecular weight is 260 g/mol. The lowest BCUT2D eigenvalue weighted by Gasteiger charge is -2.37. The molecule has 0 aromatic carbocycles. The monoisotopic (exact) mass is 260 g/mol. The minimum Gasteiger partial charge on any atom is -0.396 e. The van der Waals surface area contributed by atoms with Gasteiger partial charge in [0.2, 0.25) is 0 Å². The number of aliphatic hydroxyl groups is 3. The Morgan fingerprint density at radius 1 is 1.24 bits per heavy atom. The van der Waals surface area contributed by atoms with E-state index < -0.39 is 12.2 Å². The molecule has 3 N–H and O–H groups in total. The SMILES string of the molecule is OC[C@H]1CC[C@H](/N=C(\S)N2CCC2)[C@@H](O)C1O. The van der Waals surface area contributed by atoms with Gasteiger partial charge in [-0.25, -0.2) is 0 Å². The second-order valence-electron chi connectivity index (χ2n) is 4.84. The van der Waals surface area contributed by atoms with E-state index in [2.05, 4.69) is 17.6 Å². The van der Waals surface area contributed by atoms with Crippen molar-refractivity contribution in [1.82, 2.24) is 4.90 Å². The summed E-state index contributed by atoms with van der Waals surface area (Å²) < 4.78 is 0. The van der Waals surface area contributed by atoms with Gasteiger partial charge in [0.15, 0.2) is 5.17 Å². The van der Waals surface area contributed by atoms with Crippen molar-refractivity contribution in [3.8, 4) is 0 Å². The molecule has 1 aliphatic heterocycles. The van der Waals surface area contributed by atoms with Crippen LogP contribution in [0.3, 0.4) is 0 Å². The van der Waals surface area contributed by atoms with E-state index in [1.54, 1.807) is 0 Å². The van der Waals surface area contributed by atoms with Crippen LogP contribution in [-0.4, -0.2) is 63.3 Å². The van der Waals surface area contributed by atoms with Crippen LogP contribution in [0.25, 0.3) is 0 Å². The Morgan fingerprint density at radius 3 is 2.47 bits per heavy atom. The molecule has 2 rings (SSSR count). The molecule has 1 unspecified atom stereocenters. The molecule has 17 heavy (non-hydrogen) atoms. The van der Waals surface area contributed by atoms with Gasteiger partial charge in [-0.2, -0.15) is 0 Å². The Kier molecular flexibility index (Phi) is 4.30. The van der Waals surface area contributed by atoms with Crippen LogP contribution in [0, 0.1) is 5.92 Å². The van der Waals surface area contributed by atoms with E-state index in [0.29, 0.717) is 18.0 Å². The summed E-state index contributed by atoms with van der Waals surface area (Å²) in [7, 11) is 0. The van der Waals surface area contributed by atoms with Crippen molar-refractivity contribution in [2.24, 2.45) is 10.9 Å². The summed E-state index contributed by atoms with van der Waals surface area (Å²) in [6.07, 6.45) is 0.734. The molecule has 2 fully saturated rings. The maximum Gasteiger partial charge on any atom is 0.156 e. The number of aliphatic imine (C=N–C) groups is 1. The third-order valence-electron chi connectivity index (χ3n) is 3.72. The van der Waals surface area contributed by atoms with Crippen molar-refractivity contribution in [2.75, 3.05) is 19.7 Å². The molecule has 6 heteroatoms. The van der Waals surface area contributed by atoms with Gasteiger partial charge in [0.05, 0.1) is 12.1 Å². The Hall–Kier alpha value is -0.300. The second-order valence-corrected chi connectivity index (χ2v) is 5.24. The number of thiol groups is 1. The van der Waals surface area contributed by atoms with Crippen molar-refractivity contribution in [3.63, 3.8) is 0 Å². The molecule has 4 atom stereocenters. The lowest BCUT2D eigenvalue weighted by molar-refractivity contribution is -0.0676. The molecule has 1 saturated carbocycles. The van der Waals surface area contributed by atoms with Gasteiger partial charge in [0.25, 0.3) is 0 Å². The van der Waals surface area contributed by atoms with E-state index in [0.717, 1.165) is 19.5 Å². The first kappa shape index (κ1) is 13.1. The number of nitrogens with zero attached hydrogens (tertiary/aromatic N) is 2. The van der Waals surface area contributed by atoms with Crippen molar-refractivity contribution >= 4 is 17.8 Å². The van der Waals surface area contributed by atoms with E-state index in [9.17, 15) is 10.2 Å². The summed E-state index contributed by atoms with van der Waals surface area (Å²) in [6, 6.07) is -0.305. The predicted octanol–water partition coefficient (Wildman–Crippen LogP) is -0.529. The summed E-state index contributed by atoms with van der Waals surface area (Å²) in [4.78, 5) is 6.42. The second kappa shape index (κ2) is 5.56. The first-order valence-corrected chi connectivity index (χ1v) is 6.57. The molecule has 2 aliphatic rings. The van der Waals surface area contributed by atoms with Crippen molar-refractivity contribution < 1.29 is 15.3 Å². The third-order valence-corrected chi connectivity index (χ3v) is 4.11. The van der Waals surface area contributed by atoms with Gasteiger partial charge in [-0.1, -0.05) is 0 Å². The number of amidine groups is 1. The molecule has 0 amide bonds. The lowest BCUT2D eigenvalue weighted by atomic mass is 9.82. The topological polar surface area (TPSA) is 76.3 Å². The highest BCUT2D eigenvalue weighted by Crippen LogP contribution is 2.27. The highest BCUT2D eigenvalue weighted by Gasteiger charge is 2.37. The third kappa shape index (κ3) is 2.76. The van der Waals surface area contributed by atoms with Crippen LogP contribution in [0.1, 0.15) is 19.3 Å². The van der Waals surface area contributed by atoms with Crippen molar-refractivity contribution in [3.05, 3.63) is 0 Å². The maximum atomic E-state index is 9.94. The van der Waals surface area contributed by atoms with E-state index in [-0.39, 0.29) is 18.6 Å². The van der Waals surface area contributed by atoms with Gasteiger partial charge in [0.1, 0.15) is 6.10 Å². The summed E-state index contributed by atoms with van der Waals surface area (Å²) in [5.41, 5.74) is 0. The van der Waals surface area contributed by atoms with Crippen LogP contribution in [0.5, 0.6) is 0 Å². The maximum absolute atomic E-state index is 9.94. The average Bonchev–Trinajstić information content (AvgIpc) is 2.23. The molecule has 1 aliphatic carbocycles. The molecule has 0 aromatic heterocycles. The van der Waals surface area contributed by atoms with Crippen molar-refractivity contribution in [1.29, 1.82) is 0 Å². The van der Waals surface area contributed by atoms with E-state index in [1.807, 2.05) is 4.90 Å². The van der Waals surface area contributed by atoms with Crippen molar-refractivity contribution in [2.45, 2.75) is 37.5 Å². The standard InChI is InChI=1S/C11H20N2O3S/c14-6-7-2-3-8(10(16)9(7)15)12-11(17)13-4-1-5-13/h7-10,14-16H,1-6H2,(H,12,17)/t7-,8+,9?,10-/m1/s1. The minimum atomic E-state index is -0.899. The van der Waals surface area contributed by atoms with Gasteiger partial charge < -0.3 is 20.2 Å². The van der Waals surface area contributed by atoms with Crippen LogP contribution < -0.4 is 0 Å². The zero-order valence-electron chi connectivity index (χ0n) is 9.74. The molecular formula is C11H20N2O3S. The highest BCUT2D eigenvalue weighted by molar-refractivity contribution is 7.96. The normalized spacial score (nSPS) is 39.1. The van der Waals surface area contributed by atoms with E-state index in [4.69, 9.17) is 5.11 Å². The highest BCUT2D eigenvalue weighted by atomic mass is 32.1. The summed E-state index contributed by atoms with van der Waals surface area (Å²) in [6.45, 7) is 1.84. The van der Waals surface area contributed by atoms with Gasteiger partial charge in [-0.3, -0.25) is 4.99 Å². The summed E-state index contributed by atoms with van der Waals surface area (Å²) >= 11 is 4.32. The van der Waals surface area contributed by atoms with E-state index in [1.165, 1.54) is 0 Å². The van der Waals surface area contributed by atoms with Gasteiger partial charge in [0, 0.05) is 25.6 Å². The molecular weight excluding hydrogens is 240 g/mol. The fourth-order valence-electron chi connectivity index (χ4n) is 2.32. The van der Waals surface area contributed by atoms with Crippen LogP contribution in [-0.2, 0) is 0 Å². The number of rotatable bonds is 2. The van der Waals surface area contributed by atoms with Gasteiger partial charge in [-0.05, 0) is 19.3 Å². The largest absolute Gasteiger partial charge is 0.396 e. The number of aliphatic hydroxyl groups excluding tert-OH is 3. The Morgan fingerprint density at radius 2 is 1.94 bits per heavy atom.